The van der Waals surface area contributed by atoms with Crippen LogP contribution in [0.15, 0.2) is 30.6 Å². The molecule has 0 fully saturated rings. The van der Waals surface area contributed by atoms with Gasteiger partial charge in [0.1, 0.15) is 17.4 Å². The summed E-state index contributed by atoms with van der Waals surface area (Å²) in [6.45, 7) is 0. The van der Waals surface area contributed by atoms with Crippen molar-refractivity contribution in [2.75, 3.05) is 0 Å². The van der Waals surface area contributed by atoms with Crippen molar-refractivity contribution >= 4 is 23.5 Å². The van der Waals surface area contributed by atoms with E-state index in [1.807, 2.05) is 0 Å². The molecule has 1 unspecified atom stereocenters. The Balaban J connectivity index is 2.17. The zero-order chi connectivity index (χ0) is 14.7. The number of nitrogens with zero attached hydrogens (tertiary/aromatic N) is 2. The molecule has 1 atom stereocenters. The van der Waals surface area contributed by atoms with E-state index in [-0.39, 0.29) is 5.69 Å². The van der Waals surface area contributed by atoms with Crippen molar-refractivity contribution in [2.45, 2.75) is 12.5 Å². The summed E-state index contributed by atoms with van der Waals surface area (Å²) in [6, 6.07) is 3.68. The molecule has 104 valence electrons. The fourth-order valence-electron chi connectivity index (χ4n) is 1.65. The fourth-order valence-corrected chi connectivity index (χ4v) is 1.65. The molecule has 0 saturated heterocycles. The predicted molar refractivity (Wildman–Crippen MR) is 66.3 cm³/mol. The lowest BCUT2D eigenvalue weighted by Gasteiger charge is -2.10. The van der Waals surface area contributed by atoms with Gasteiger partial charge in [0.15, 0.2) is 0 Å². The third-order valence-corrected chi connectivity index (χ3v) is 2.58. The largest absolute Gasteiger partial charge is 0.481 e. The second-order valence-electron chi connectivity index (χ2n) is 4.05. The lowest BCUT2D eigenvalue weighted by atomic mass is 10.2. The van der Waals surface area contributed by atoms with Gasteiger partial charge in [0.05, 0.1) is 6.42 Å². The number of hydrogen-bond acceptors (Lipinski definition) is 4. The first-order chi connectivity index (χ1) is 9.47. The number of imidazole rings is 1. The molecule has 0 aliphatic rings. The number of carboxylic acid groups (broad SMARTS) is 2. The molecule has 0 radical (unpaired) electrons. The molecule has 0 saturated carbocycles. The number of carbonyl (C=O) groups is 3. The zero-order valence-electron chi connectivity index (χ0n) is 10.2. The predicted octanol–water partition coefficient (Wildman–Crippen LogP) is -0.00800. The summed E-state index contributed by atoms with van der Waals surface area (Å²) in [4.78, 5) is 37.3. The van der Waals surface area contributed by atoms with Crippen LogP contribution in [0.4, 0.5) is 0 Å². The highest BCUT2D eigenvalue weighted by molar-refractivity contribution is 5.96. The van der Waals surface area contributed by atoms with Gasteiger partial charge in [-0.15, -0.1) is 0 Å². The standard InChI is InChI=1S/C12H11N3O5/c16-10(17)5-7(12(19)20)14-11(18)8-6-15-4-2-1-3-9(15)13-8/h1-4,6-7H,5H2,(H,14,18)(H,16,17)(H,19,20). The molecule has 0 aliphatic carbocycles. The number of hydrogen-bond donors (Lipinski definition) is 3. The molecular formula is C12H11N3O5. The van der Waals surface area contributed by atoms with Gasteiger partial charge in [0, 0.05) is 12.4 Å². The van der Waals surface area contributed by atoms with Gasteiger partial charge in [-0.05, 0) is 12.1 Å². The van der Waals surface area contributed by atoms with Crippen LogP contribution in [0.1, 0.15) is 16.9 Å². The van der Waals surface area contributed by atoms with Crippen molar-refractivity contribution in [3.63, 3.8) is 0 Å². The molecule has 3 N–H and O–H groups in total. The molecule has 8 nitrogen and oxygen atoms in total. The summed E-state index contributed by atoms with van der Waals surface area (Å²) < 4.78 is 1.60. The van der Waals surface area contributed by atoms with Gasteiger partial charge in [-0.25, -0.2) is 9.78 Å². The van der Waals surface area contributed by atoms with Crippen LogP contribution < -0.4 is 5.32 Å². The molecular weight excluding hydrogens is 266 g/mol. The van der Waals surface area contributed by atoms with Crippen LogP contribution in [0.25, 0.3) is 5.65 Å². The quantitative estimate of drug-likeness (QED) is 0.707. The van der Waals surface area contributed by atoms with Crippen LogP contribution in [0, 0.1) is 0 Å². The number of carbonyl (C=O) groups excluding carboxylic acids is 1. The number of rotatable bonds is 5. The summed E-state index contributed by atoms with van der Waals surface area (Å²) in [7, 11) is 0. The van der Waals surface area contributed by atoms with Gasteiger partial charge < -0.3 is 19.9 Å². The van der Waals surface area contributed by atoms with E-state index in [9.17, 15) is 14.4 Å². The van der Waals surface area contributed by atoms with E-state index in [0.717, 1.165) is 0 Å². The van der Waals surface area contributed by atoms with Gasteiger partial charge in [-0.3, -0.25) is 9.59 Å². The van der Waals surface area contributed by atoms with E-state index >= 15 is 0 Å². The van der Waals surface area contributed by atoms with Crippen molar-refractivity contribution in [3.8, 4) is 0 Å². The van der Waals surface area contributed by atoms with Crippen LogP contribution >= 0.6 is 0 Å². The Bertz CT molecular complexity index is 646. The van der Waals surface area contributed by atoms with Crippen LogP contribution in [-0.4, -0.2) is 43.5 Å². The Morgan fingerprint density at radius 2 is 2.05 bits per heavy atom. The van der Waals surface area contributed by atoms with Gasteiger partial charge in [-0.1, -0.05) is 6.07 Å². The Labute approximate surface area is 112 Å². The summed E-state index contributed by atoms with van der Waals surface area (Å²) in [6.07, 6.45) is 2.42. The molecule has 2 aromatic rings. The number of aromatic nitrogens is 2. The molecule has 2 rings (SSSR count). The summed E-state index contributed by atoms with van der Waals surface area (Å²) in [5.41, 5.74) is 0.551. The summed E-state index contributed by atoms with van der Waals surface area (Å²) in [5.74, 6) is -3.46. The molecule has 0 aliphatic heterocycles. The number of carboxylic acids is 2. The maximum absolute atomic E-state index is 11.9. The maximum atomic E-state index is 11.9. The highest BCUT2D eigenvalue weighted by Gasteiger charge is 2.24. The van der Waals surface area contributed by atoms with E-state index in [1.165, 1.54) is 6.20 Å². The Morgan fingerprint density at radius 1 is 1.30 bits per heavy atom. The van der Waals surface area contributed by atoms with Crippen LogP contribution in [0.2, 0.25) is 0 Å². The molecule has 2 heterocycles. The SMILES string of the molecule is O=C(O)CC(NC(=O)c1cn2ccccc2n1)C(=O)O. The van der Waals surface area contributed by atoms with Gasteiger partial charge in [0.2, 0.25) is 0 Å². The van der Waals surface area contributed by atoms with E-state index in [1.54, 1.807) is 28.8 Å². The van der Waals surface area contributed by atoms with Crippen LogP contribution in [-0.2, 0) is 9.59 Å². The molecule has 2 aromatic heterocycles. The van der Waals surface area contributed by atoms with Crippen molar-refractivity contribution in [2.24, 2.45) is 0 Å². The minimum Gasteiger partial charge on any atom is -0.481 e. The summed E-state index contributed by atoms with van der Waals surface area (Å²) >= 11 is 0. The lowest BCUT2D eigenvalue weighted by molar-refractivity contribution is -0.145. The van der Waals surface area contributed by atoms with E-state index in [4.69, 9.17) is 10.2 Å². The first-order valence-corrected chi connectivity index (χ1v) is 5.66. The third kappa shape index (κ3) is 2.91. The normalized spacial score (nSPS) is 12.0. The smallest absolute Gasteiger partial charge is 0.326 e. The topological polar surface area (TPSA) is 121 Å². The van der Waals surface area contributed by atoms with Crippen LogP contribution in [0.5, 0.6) is 0 Å². The second-order valence-corrected chi connectivity index (χ2v) is 4.05. The van der Waals surface area contributed by atoms with Gasteiger partial charge in [-0.2, -0.15) is 0 Å². The minimum absolute atomic E-state index is 0.0211. The zero-order valence-corrected chi connectivity index (χ0v) is 10.2. The fraction of sp³-hybridized carbons (Fsp3) is 0.167. The van der Waals surface area contributed by atoms with Crippen molar-refractivity contribution in [3.05, 3.63) is 36.3 Å². The molecule has 0 bridgehead atoms. The van der Waals surface area contributed by atoms with E-state index < -0.39 is 30.3 Å². The first kappa shape index (κ1) is 13.5. The van der Waals surface area contributed by atoms with E-state index in [0.29, 0.717) is 5.65 Å². The van der Waals surface area contributed by atoms with E-state index in [2.05, 4.69) is 10.3 Å². The van der Waals surface area contributed by atoms with Crippen molar-refractivity contribution in [1.82, 2.24) is 14.7 Å². The Kier molecular flexibility index (Phi) is 3.65. The van der Waals surface area contributed by atoms with Crippen molar-refractivity contribution < 1.29 is 24.6 Å². The van der Waals surface area contributed by atoms with Crippen LogP contribution in [0.3, 0.4) is 0 Å². The molecule has 8 heteroatoms. The second kappa shape index (κ2) is 5.39. The number of amides is 1. The third-order valence-electron chi connectivity index (χ3n) is 2.58. The average molecular weight is 277 g/mol. The number of aliphatic carboxylic acids is 2. The lowest BCUT2D eigenvalue weighted by Crippen LogP contribution is -2.42. The number of nitrogens with one attached hydrogen (secondary N) is 1. The molecule has 0 aromatic carbocycles. The van der Waals surface area contributed by atoms with Crippen molar-refractivity contribution in [1.29, 1.82) is 0 Å². The first-order valence-electron chi connectivity index (χ1n) is 5.66. The molecule has 0 spiro atoms. The molecule has 20 heavy (non-hydrogen) atoms. The minimum atomic E-state index is -1.50. The van der Waals surface area contributed by atoms with Gasteiger partial charge in [0.25, 0.3) is 5.91 Å². The number of pyridine rings is 1. The Morgan fingerprint density at radius 3 is 2.65 bits per heavy atom. The number of fused-ring (bicyclic) bond motifs is 1. The van der Waals surface area contributed by atoms with Gasteiger partial charge >= 0.3 is 11.9 Å². The highest BCUT2D eigenvalue weighted by atomic mass is 16.4. The monoisotopic (exact) mass is 277 g/mol. The Hall–Kier alpha value is -2.90. The maximum Gasteiger partial charge on any atom is 0.326 e. The average Bonchev–Trinajstić information content (AvgIpc) is 2.81. The highest BCUT2D eigenvalue weighted by Crippen LogP contribution is 2.05. The summed E-state index contributed by atoms with van der Waals surface area (Å²) in [5, 5.41) is 19.6. The molecule has 1 amide bonds.